The molecule has 1 atom stereocenters. The molecular weight excluding hydrogens is 176 g/mol. The molecule has 1 aromatic rings. The molecule has 0 amide bonds. The third kappa shape index (κ3) is 1.29. The van der Waals surface area contributed by atoms with Crippen LogP contribution >= 0.6 is 0 Å². The molecule has 0 fully saturated rings. The number of fused-ring (bicyclic) bond motifs is 1. The number of nitrogen functional groups attached to an aromatic ring is 1. The third-order valence-electron chi connectivity index (χ3n) is 2.65. The summed E-state index contributed by atoms with van der Waals surface area (Å²) in [5, 5.41) is 3.36. The van der Waals surface area contributed by atoms with Gasteiger partial charge in [-0.25, -0.2) is 0 Å². The topological polar surface area (TPSA) is 47.3 Å². The molecule has 0 aliphatic carbocycles. The predicted molar refractivity (Wildman–Crippen MR) is 58.9 cm³/mol. The summed E-state index contributed by atoms with van der Waals surface area (Å²) in [5.41, 5.74) is 9.95. The number of nitrogens with two attached hydrogens (primary N) is 1. The molecule has 0 bridgehead atoms. The van der Waals surface area contributed by atoms with Crippen molar-refractivity contribution in [2.45, 2.75) is 26.9 Å². The standard InChI is InChI=1S/C11H16N2O/c1-6-4-9(12)8(3)10-11(6)14-7(2)5-13-10/h4,7,13H,5,12H2,1-3H3. The third-order valence-corrected chi connectivity index (χ3v) is 2.65. The Labute approximate surface area is 84.3 Å². The summed E-state index contributed by atoms with van der Waals surface area (Å²) in [6.45, 7) is 6.94. The Morgan fingerprint density at radius 3 is 2.93 bits per heavy atom. The molecule has 3 N–H and O–H groups in total. The van der Waals surface area contributed by atoms with Crippen LogP contribution < -0.4 is 15.8 Å². The molecule has 3 heteroatoms. The van der Waals surface area contributed by atoms with Gasteiger partial charge in [0.2, 0.25) is 0 Å². The Balaban J connectivity index is 2.57. The van der Waals surface area contributed by atoms with E-state index in [4.69, 9.17) is 10.5 Å². The molecule has 3 nitrogen and oxygen atoms in total. The lowest BCUT2D eigenvalue weighted by Gasteiger charge is -2.28. The van der Waals surface area contributed by atoms with Gasteiger partial charge in [0.05, 0.1) is 12.2 Å². The molecule has 0 saturated carbocycles. The van der Waals surface area contributed by atoms with E-state index in [1.165, 1.54) is 0 Å². The second-order valence-electron chi connectivity index (χ2n) is 3.92. The molecule has 1 aliphatic heterocycles. The van der Waals surface area contributed by atoms with Crippen LogP contribution in [0.1, 0.15) is 18.1 Å². The van der Waals surface area contributed by atoms with E-state index in [1.54, 1.807) is 0 Å². The predicted octanol–water partition coefficient (Wildman–Crippen LogP) is 2.08. The number of nitrogens with one attached hydrogen (secondary N) is 1. The van der Waals surface area contributed by atoms with Crippen LogP contribution in [-0.4, -0.2) is 12.6 Å². The summed E-state index contributed by atoms with van der Waals surface area (Å²) in [6, 6.07) is 1.97. The highest BCUT2D eigenvalue weighted by Crippen LogP contribution is 2.38. The van der Waals surface area contributed by atoms with Crippen molar-refractivity contribution in [2.75, 3.05) is 17.6 Å². The second-order valence-corrected chi connectivity index (χ2v) is 3.92. The fourth-order valence-electron chi connectivity index (χ4n) is 1.77. The van der Waals surface area contributed by atoms with E-state index in [9.17, 15) is 0 Å². The molecule has 1 unspecified atom stereocenters. The van der Waals surface area contributed by atoms with Crippen molar-refractivity contribution in [2.24, 2.45) is 0 Å². The minimum atomic E-state index is 0.226. The Bertz CT molecular complexity index is 374. The molecule has 1 heterocycles. The Kier molecular flexibility index (Phi) is 2.02. The van der Waals surface area contributed by atoms with Gasteiger partial charge in [-0.15, -0.1) is 0 Å². The smallest absolute Gasteiger partial charge is 0.146 e. The first-order valence-electron chi connectivity index (χ1n) is 4.90. The fraction of sp³-hybridized carbons (Fsp3) is 0.455. The van der Waals surface area contributed by atoms with Crippen LogP contribution in [0.5, 0.6) is 5.75 Å². The molecule has 76 valence electrons. The maximum atomic E-state index is 5.88. The number of hydrogen-bond donors (Lipinski definition) is 2. The van der Waals surface area contributed by atoms with Crippen molar-refractivity contribution in [3.05, 3.63) is 17.2 Å². The maximum Gasteiger partial charge on any atom is 0.146 e. The summed E-state index contributed by atoms with van der Waals surface area (Å²) in [7, 11) is 0. The quantitative estimate of drug-likeness (QED) is 0.619. The second kappa shape index (κ2) is 3.08. The lowest BCUT2D eigenvalue weighted by atomic mass is 10.1. The number of ether oxygens (including phenoxy) is 1. The summed E-state index contributed by atoms with van der Waals surface area (Å²) >= 11 is 0. The van der Waals surface area contributed by atoms with Crippen LogP contribution in [0, 0.1) is 13.8 Å². The van der Waals surface area contributed by atoms with Gasteiger partial charge >= 0.3 is 0 Å². The lowest BCUT2D eigenvalue weighted by Crippen LogP contribution is -2.28. The molecule has 0 spiro atoms. The average molecular weight is 192 g/mol. The first-order valence-corrected chi connectivity index (χ1v) is 4.90. The SMILES string of the molecule is Cc1cc(N)c(C)c2c1OC(C)CN2. The summed E-state index contributed by atoms with van der Waals surface area (Å²) < 4.78 is 5.78. The number of hydrogen-bond acceptors (Lipinski definition) is 3. The van der Waals surface area contributed by atoms with Crippen molar-refractivity contribution < 1.29 is 4.74 Å². The normalized spacial score (nSPS) is 19.5. The Morgan fingerprint density at radius 2 is 2.21 bits per heavy atom. The van der Waals surface area contributed by atoms with E-state index in [0.29, 0.717) is 0 Å². The molecular formula is C11H16N2O. The van der Waals surface area contributed by atoms with E-state index in [2.05, 4.69) is 12.2 Å². The first kappa shape index (κ1) is 9.19. The number of benzene rings is 1. The van der Waals surface area contributed by atoms with Gasteiger partial charge in [-0.3, -0.25) is 0 Å². The molecule has 1 aliphatic rings. The van der Waals surface area contributed by atoms with Crippen LogP contribution in [0.2, 0.25) is 0 Å². The highest BCUT2D eigenvalue weighted by Gasteiger charge is 2.20. The lowest BCUT2D eigenvalue weighted by molar-refractivity contribution is 0.224. The van der Waals surface area contributed by atoms with Crippen LogP contribution in [0.4, 0.5) is 11.4 Å². The zero-order valence-electron chi connectivity index (χ0n) is 8.85. The van der Waals surface area contributed by atoms with Crippen LogP contribution in [0.3, 0.4) is 0 Å². The van der Waals surface area contributed by atoms with Crippen molar-refractivity contribution in [1.29, 1.82) is 0 Å². The van der Waals surface area contributed by atoms with E-state index in [0.717, 1.165) is 34.8 Å². The van der Waals surface area contributed by atoms with Crippen molar-refractivity contribution >= 4 is 11.4 Å². The highest BCUT2D eigenvalue weighted by atomic mass is 16.5. The molecule has 14 heavy (non-hydrogen) atoms. The van der Waals surface area contributed by atoms with Crippen LogP contribution in [0.15, 0.2) is 6.07 Å². The first-order chi connectivity index (χ1) is 6.59. The monoisotopic (exact) mass is 192 g/mol. The maximum absolute atomic E-state index is 5.88. The molecule has 0 aromatic heterocycles. The summed E-state index contributed by atoms with van der Waals surface area (Å²) in [4.78, 5) is 0. The van der Waals surface area contributed by atoms with Gasteiger partial charge < -0.3 is 15.8 Å². The number of anilines is 2. The molecule has 1 aromatic carbocycles. The minimum Gasteiger partial charge on any atom is -0.486 e. The summed E-state index contributed by atoms with van der Waals surface area (Å²) in [5.74, 6) is 0.954. The molecule has 0 radical (unpaired) electrons. The van der Waals surface area contributed by atoms with Crippen molar-refractivity contribution in [1.82, 2.24) is 0 Å². The number of aryl methyl sites for hydroxylation is 1. The Morgan fingerprint density at radius 1 is 1.50 bits per heavy atom. The van der Waals surface area contributed by atoms with Gasteiger partial charge in [-0.1, -0.05) is 0 Å². The fourth-order valence-corrected chi connectivity index (χ4v) is 1.77. The largest absolute Gasteiger partial charge is 0.486 e. The van der Waals surface area contributed by atoms with Gasteiger partial charge in [-0.2, -0.15) is 0 Å². The van der Waals surface area contributed by atoms with Gasteiger partial charge in [0.1, 0.15) is 11.9 Å². The zero-order valence-corrected chi connectivity index (χ0v) is 8.85. The van der Waals surface area contributed by atoms with Crippen molar-refractivity contribution in [3.8, 4) is 5.75 Å². The van der Waals surface area contributed by atoms with E-state index >= 15 is 0 Å². The van der Waals surface area contributed by atoms with Gasteiger partial charge in [-0.05, 0) is 38.0 Å². The van der Waals surface area contributed by atoms with Gasteiger partial charge in [0.15, 0.2) is 0 Å². The summed E-state index contributed by atoms with van der Waals surface area (Å²) in [6.07, 6.45) is 0.226. The van der Waals surface area contributed by atoms with Crippen LogP contribution in [-0.2, 0) is 0 Å². The molecule has 0 saturated heterocycles. The van der Waals surface area contributed by atoms with Gasteiger partial charge in [0.25, 0.3) is 0 Å². The average Bonchev–Trinajstić information content (AvgIpc) is 2.14. The van der Waals surface area contributed by atoms with Crippen LogP contribution in [0.25, 0.3) is 0 Å². The van der Waals surface area contributed by atoms with E-state index in [1.807, 2.05) is 19.9 Å². The minimum absolute atomic E-state index is 0.226. The van der Waals surface area contributed by atoms with E-state index in [-0.39, 0.29) is 6.10 Å². The zero-order chi connectivity index (χ0) is 10.3. The number of rotatable bonds is 0. The highest BCUT2D eigenvalue weighted by molar-refractivity contribution is 5.73. The Hall–Kier alpha value is -1.38. The van der Waals surface area contributed by atoms with Crippen molar-refractivity contribution in [3.63, 3.8) is 0 Å². The molecule has 2 rings (SSSR count). The van der Waals surface area contributed by atoms with E-state index < -0.39 is 0 Å². The van der Waals surface area contributed by atoms with Gasteiger partial charge in [0, 0.05) is 5.69 Å².